The maximum atomic E-state index is 12.8. The Morgan fingerprint density at radius 1 is 1.08 bits per heavy atom. The lowest BCUT2D eigenvalue weighted by Crippen LogP contribution is -2.36. The van der Waals surface area contributed by atoms with Crippen LogP contribution in [-0.2, 0) is 0 Å². The highest BCUT2D eigenvalue weighted by Crippen LogP contribution is 2.39. The van der Waals surface area contributed by atoms with E-state index in [1.54, 1.807) is 18.1 Å². The van der Waals surface area contributed by atoms with E-state index in [9.17, 15) is 9.90 Å². The molecule has 1 fully saturated rings. The maximum absolute atomic E-state index is 12.8. The summed E-state index contributed by atoms with van der Waals surface area (Å²) in [6.07, 6.45) is 5.34. The molecule has 0 saturated heterocycles. The Hall–Kier alpha value is -2.60. The molecule has 1 aromatic heterocycles. The number of anilines is 4. The second kappa shape index (κ2) is 6.61. The van der Waals surface area contributed by atoms with E-state index in [-0.39, 0.29) is 18.1 Å². The number of carbonyl (C=O) groups is 1. The number of nitrogens with one attached hydrogen (secondary N) is 1. The van der Waals surface area contributed by atoms with E-state index in [0.29, 0.717) is 5.56 Å². The number of para-hydroxylation sites is 1. The molecule has 0 spiro atoms. The van der Waals surface area contributed by atoms with Gasteiger partial charge >= 0.3 is 0 Å². The molecule has 0 bridgehead atoms. The summed E-state index contributed by atoms with van der Waals surface area (Å²) in [6, 6.07) is 9.60. The highest BCUT2D eigenvalue weighted by Gasteiger charge is 2.28. The summed E-state index contributed by atoms with van der Waals surface area (Å²) in [7, 11) is 3.74. The number of aliphatic hydroxyl groups excluding tert-OH is 1. The minimum Gasteiger partial charge on any atom is -0.391 e. The summed E-state index contributed by atoms with van der Waals surface area (Å²) < 4.78 is 0. The Morgan fingerprint density at radius 2 is 1.85 bits per heavy atom. The van der Waals surface area contributed by atoms with Gasteiger partial charge in [0.05, 0.1) is 41.0 Å². The number of hydrogen-bond acceptors (Lipinski definition) is 5. The molecule has 1 aromatic carbocycles. The van der Waals surface area contributed by atoms with Crippen molar-refractivity contribution < 1.29 is 9.90 Å². The van der Waals surface area contributed by atoms with Crippen molar-refractivity contribution in [1.29, 1.82) is 0 Å². The number of fused-ring (bicyclic) bond motifs is 2. The van der Waals surface area contributed by atoms with Crippen molar-refractivity contribution in [3.8, 4) is 0 Å². The van der Waals surface area contributed by atoms with Gasteiger partial charge in [-0.25, -0.2) is 4.98 Å². The fraction of sp³-hybridized carbons (Fsp3) is 0.400. The summed E-state index contributed by atoms with van der Waals surface area (Å²) in [5, 5.41) is 13.6. The minimum absolute atomic E-state index is 0.0250. The largest absolute Gasteiger partial charge is 0.391 e. The van der Waals surface area contributed by atoms with Gasteiger partial charge in [0.2, 0.25) is 0 Å². The first-order chi connectivity index (χ1) is 12.6. The van der Waals surface area contributed by atoms with Gasteiger partial charge in [-0.05, 0) is 25.0 Å². The van der Waals surface area contributed by atoms with Gasteiger partial charge in [-0.3, -0.25) is 4.79 Å². The molecule has 1 saturated carbocycles. The van der Waals surface area contributed by atoms with Crippen LogP contribution in [0.5, 0.6) is 0 Å². The number of aliphatic hydroxyl groups is 1. The van der Waals surface area contributed by atoms with E-state index in [1.807, 2.05) is 42.3 Å². The summed E-state index contributed by atoms with van der Waals surface area (Å²) >= 11 is 0. The van der Waals surface area contributed by atoms with Gasteiger partial charge in [0, 0.05) is 20.2 Å². The van der Waals surface area contributed by atoms with E-state index in [2.05, 4.69) is 10.3 Å². The SMILES string of the molecule is CN1C(=O)c2ccccc2N(C)c2cc(N[C@@H]3CCCC[C@@H]3O)ncc21. The van der Waals surface area contributed by atoms with E-state index < -0.39 is 0 Å². The second-order valence-electron chi connectivity index (χ2n) is 7.10. The van der Waals surface area contributed by atoms with Crippen LogP contribution in [0, 0.1) is 0 Å². The highest BCUT2D eigenvalue weighted by molar-refractivity contribution is 6.13. The molecule has 2 N–H and O–H groups in total. The third-order valence-electron chi connectivity index (χ3n) is 5.45. The van der Waals surface area contributed by atoms with Gasteiger partial charge in [-0.2, -0.15) is 0 Å². The van der Waals surface area contributed by atoms with Crippen LogP contribution in [0.2, 0.25) is 0 Å². The Bertz CT molecular complexity index is 838. The number of hydrogen-bond donors (Lipinski definition) is 2. The normalized spacial score (nSPS) is 22.5. The Balaban J connectivity index is 1.72. The van der Waals surface area contributed by atoms with Gasteiger partial charge in [-0.15, -0.1) is 0 Å². The lowest BCUT2D eigenvalue weighted by Gasteiger charge is -2.29. The van der Waals surface area contributed by atoms with Crippen LogP contribution in [-0.4, -0.2) is 42.2 Å². The minimum atomic E-state index is -0.341. The van der Waals surface area contributed by atoms with E-state index in [1.165, 1.54) is 0 Å². The fourth-order valence-corrected chi connectivity index (χ4v) is 3.88. The zero-order valence-electron chi connectivity index (χ0n) is 15.1. The van der Waals surface area contributed by atoms with E-state index in [0.717, 1.165) is 48.6 Å². The Kier molecular flexibility index (Phi) is 4.28. The van der Waals surface area contributed by atoms with Gasteiger partial charge in [0.1, 0.15) is 5.82 Å². The highest BCUT2D eigenvalue weighted by atomic mass is 16.3. The van der Waals surface area contributed by atoms with Gasteiger partial charge in [0.25, 0.3) is 5.91 Å². The standard InChI is InChI=1S/C20H24N4O2/c1-23-15-9-5-3-7-13(15)20(26)24(2)17-12-21-19(11-16(17)23)22-14-8-4-6-10-18(14)25/h3,5,7,9,11-12,14,18,25H,4,6,8,10H2,1-2H3,(H,21,22)/t14-,18+/m1/s1. The zero-order chi connectivity index (χ0) is 18.3. The third kappa shape index (κ3) is 2.80. The molecular formula is C20H24N4O2. The van der Waals surface area contributed by atoms with Crippen molar-refractivity contribution in [3.63, 3.8) is 0 Å². The molecule has 2 heterocycles. The number of benzene rings is 1. The molecule has 2 aromatic rings. The van der Waals surface area contributed by atoms with E-state index >= 15 is 0 Å². The molecule has 0 unspecified atom stereocenters. The number of rotatable bonds is 2. The smallest absolute Gasteiger partial charge is 0.260 e. The summed E-state index contributed by atoms with van der Waals surface area (Å²) in [5.41, 5.74) is 3.22. The number of nitrogens with zero attached hydrogens (tertiary/aromatic N) is 3. The molecule has 4 rings (SSSR count). The third-order valence-corrected chi connectivity index (χ3v) is 5.45. The van der Waals surface area contributed by atoms with Crippen molar-refractivity contribution in [2.24, 2.45) is 0 Å². The van der Waals surface area contributed by atoms with Gasteiger partial charge in [0.15, 0.2) is 0 Å². The predicted octanol–water partition coefficient (Wildman–Crippen LogP) is 3.15. The first-order valence-electron chi connectivity index (χ1n) is 9.11. The molecule has 1 aliphatic heterocycles. The Morgan fingerprint density at radius 3 is 2.65 bits per heavy atom. The molecule has 26 heavy (non-hydrogen) atoms. The summed E-state index contributed by atoms with van der Waals surface area (Å²) in [6.45, 7) is 0. The first kappa shape index (κ1) is 16.8. The summed E-state index contributed by atoms with van der Waals surface area (Å²) in [4.78, 5) is 21.0. The second-order valence-corrected chi connectivity index (χ2v) is 7.10. The van der Waals surface area contributed by atoms with Crippen molar-refractivity contribution in [2.75, 3.05) is 29.2 Å². The lowest BCUT2D eigenvalue weighted by atomic mass is 9.92. The number of pyridine rings is 1. The molecular weight excluding hydrogens is 328 g/mol. The number of amides is 1. The topological polar surface area (TPSA) is 68.7 Å². The average molecular weight is 352 g/mol. The molecule has 6 heteroatoms. The van der Waals surface area contributed by atoms with Crippen molar-refractivity contribution >= 4 is 28.8 Å². The quantitative estimate of drug-likeness (QED) is 0.869. The molecule has 0 radical (unpaired) electrons. The van der Waals surface area contributed by atoms with Crippen LogP contribution < -0.4 is 15.1 Å². The lowest BCUT2D eigenvalue weighted by molar-refractivity contribution is 0.0994. The van der Waals surface area contributed by atoms with Gasteiger partial charge < -0.3 is 20.2 Å². The van der Waals surface area contributed by atoms with Crippen molar-refractivity contribution in [3.05, 3.63) is 42.1 Å². The summed E-state index contributed by atoms with van der Waals surface area (Å²) in [5.74, 6) is 0.679. The molecule has 6 nitrogen and oxygen atoms in total. The van der Waals surface area contributed by atoms with Crippen LogP contribution in [0.4, 0.5) is 22.9 Å². The van der Waals surface area contributed by atoms with Gasteiger partial charge in [-0.1, -0.05) is 25.0 Å². The van der Waals surface area contributed by atoms with Crippen LogP contribution >= 0.6 is 0 Å². The molecule has 2 aliphatic rings. The predicted molar refractivity (Wildman–Crippen MR) is 103 cm³/mol. The molecule has 2 atom stereocenters. The monoisotopic (exact) mass is 352 g/mol. The van der Waals surface area contributed by atoms with Crippen molar-refractivity contribution in [1.82, 2.24) is 4.98 Å². The van der Waals surface area contributed by atoms with Crippen LogP contribution in [0.3, 0.4) is 0 Å². The fourth-order valence-electron chi connectivity index (χ4n) is 3.88. The van der Waals surface area contributed by atoms with Crippen molar-refractivity contribution in [2.45, 2.75) is 37.8 Å². The van der Waals surface area contributed by atoms with Crippen LogP contribution in [0.1, 0.15) is 36.0 Å². The number of aromatic nitrogens is 1. The zero-order valence-corrected chi connectivity index (χ0v) is 15.1. The maximum Gasteiger partial charge on any atom is 0.260 e. The first-order valence-corrected chi connectivity index (χ1v) is 9.11. The molecule has 136 valence electrons. The Labute approximate surface area is 153 Å². The van der Waals surface area contributed by atoms with Crippen LogP contribution in [0.15, 0.2) is 36.5 Å². The molecule has 1 amide bonds. The van der Waals surface area contributed by atoms with Crippen LogP contribution in [0.25, 0.3) is 0 Å². The van der Waals surface area contributed by atoms with E-state index in [4.69, 9.17) is 0 Å². The average Bonchev–Trinajstić information content (AvgIpc) is 2.74. The molecule has 1 aliphatic carbocycles. The number of carbonyl (C=O) groups excluding carboxylic acids is 1.